The highest BCUT2D eigenvalue weighted by Gasteiger charge is 2.25. The highest BCUT2D eigenvalue weighted by Crippen LogP contribution is 2.38. The molecule has 6 nitrogen and oxygen atoms in total. The first kappa shape index (κ1) is 19.1. The topological polar surface area (TPSA) is 75.5 Å². The summed E-state index contributed by atoms with van der Waals surface area (Å²) in [5.41, 5.74) is 0.893. The Balaban J connectivity index is 1.91. The normalized spacial score (nSPS) is 14.9. The first-order chi connectivity index (χ1) is 12.8. The van der Waals surface area contributed by atoms with Gasteiger partial charge in [0.15, 0.2) is 0 Å². The summed E-state index contributed by atoms with van der Waals surface area (Å²) < 4.78 is 13.0. The van der Waals surface area contributed by atoms with Crippen molar-refractivity contribution >= 4 is 34.6 Å². The Morgan fingerprint density at radius 3 is 2.48 bits per heavy atom. The van der Waals surface area contributed by atoms with Crippen molar-refractivity contribution in [2.45, 2.75) is 19.8 Å². The number of nitrogens with one attached hydrogen (secondary N) is 1. The van der Waals surface area contributed by atoms with Gasteiger partial charge in [-0.3, -0.25) is 14.9 Å². The second kappa shape index (κ2) is 7.92. The highest BCUT2D eigenvalue weighted by molar-refractivity contribution is 6.34. The summed E-state index contributed by atoms with van der Waals surface area (Å²) >= 11 is 6.17. The molecule has 142 valence electrons. The van der Waals surface area contributed by atoms with E-state index in [1.165, 1.54) is 36.4 Å². The second-order valence-electron chi connectivity index (χ2n) is 6.71. The van der Waals surface area contributed by atoms with E-state index in [1.807, 2.05) is 4.90 Å². The largest absolute Gasteiger partial charge is 0.366 e. The molecular weight excluding hydrogens is 373 g/mol. The highest BCUT2D eigenvalue weighted by atomic mass is 35.5. The SMILES string of the molecule is CC1CCN(c2cc(NC(=O)c3ccc(F)cc3)c(Cl)cc2[N+](=O)[O-])CC1. The smallest absolute Gasteiger partial charge is 0.294 e. The minimum Gasteiger partial charge on any atom is -0.366 e. The molecule has 0 atom stereocenters. The molecule has 1 heterocycles. The standard InChI is InChI=1S/C19H19ClFN3O3/c1-12-6-8-23(9-7-12)17-11-16(15(20)10-18(17)24(26)27)22-19(25)13-2-4-14(21)5-3-13/h2-5,10-12H,6-9H2,1H3,(H,22,25). The van der Waals surface area contributed by atoms with Crippen molar-refractivity contribution in [3.05, 3.63) is 62.9 Å². The molecule has 0 spiro atoms. The quantitative estimate of drug-likeness (QED) is 0.595. The predicted octanol–water partition coefficient (Wildman–Crippen LogP) is 4.88. The first-order valence-electron chi connectivity index (χ1n) is 8.65. The number of hydrogen-bond acceptors (Lipinski definition) is 4. The number of hydrogen-bond donors (Lipinski definition) is 1. The van der Waals surface area contributed by atoms with Gasteiger partial charge in [-0.2, -0.15) is 0 Å². The van der Waals surface area contributed by atoms with Crippen LogP contribution in [0.5, 0.6) is 0 Å². The zero-order valence-corrected chi connectivity index (χ0v) is 15.5. The number of carbonyl (C=O) groups excluding carboxylic acids is 1. The van der Waals surface area contributed by atoms with Crippen molar-refractivity contribution in [1.29, 1.82) is 0 Å². The van der Waals surface area contributed by atoms with Crippen LogP contribution in [0.2, 0.25) is 5.02 Å². The van der Waals surface area contributed by atoms with Crippen molar-refractivity contribution in [2.24, 2.45) is 5.92 Å². The number of nitrogens with zero attached hydrogens (tertiary/aromatic N) is 2. The maximum Gasteiger partial charge on any atom is 0.294 e. The van der Waals surface area contributed by atoms with Crippen LogP contribution in [0.25, 0.3) is 0 Å². The van der Waals surface area contributed by atoms with E-state index in [4.69, 9.17) is 11.6 Å². The molecule has 1 N–H and O–H groups in total. The molecule has 1 aliphatic heterocycles. The Kier molecular flexibility index (Phi) is 5.60. The fraction of sp³-hybridized carbons (Fsp3) is 0.316. The third-order valence-electron chi connectivity index (χ3n) is 4.74. The molecule has 1 amide bonds. The molecular formula is C19H19ClFN3O3. The van der Waals surface area contributed by atoms with Gasteiger partial charge in [0.05, 0.1) is 15.6 Å². The molecule has 1 saturated heterocycles. The number of nitro benzene ring substituents is 1. The molecule has 27 heavy (non-hydrogen) atoms. The van der Waals surface area contributed by atoms with Gasteiger partial charge in [0, 0.05) is 24.7 Å². The minimum absolute atomic E-state index is 0.0753. The van der Waals surface area contributed by atoms with Crippen molar-refractivity contribution in [1.82, 2.24) is 0 Å². The molecule has 0 aliphatic carbocycles. The number of carbonyl (C=O) groups is 1. The summed E-state index contributed by atoms with van der Waals surface area (Å²) in [7, 11) is 0. The van der Waals surface area contributed by atoms with Crippen LogP contribution in [0.15, 0.2) is 36.4 Å². The Hall–Kier alpha value is -2.67. The van der Waals surface area contributed by atoms with Gasteiger partial charge in [-0.15, -0.1) is 0 Å². The van der Waals surface area contributed by atoms with Crippen LogP contribution < -0.4 is 10.2 Å². The van der Waals surface area contributed by atoms with E-state index in [0.29, 0.717) is 24.7 Å². The molecule has 2 aromatic rings. The van der Waals surface area contributed by atoms with Crippen LogP contribution in [-0.2, 0) is 0 Å². The van der Waals surface area contributed by atoms with E-state index in [-0.39, 0.29) is 22.0 Å². The number of halogens is 2. The third kappa shape index (κ3) is 4.36. The van der Waals surface area contributed by atoms with Gasteiger partial charge in [-0.05, 0) is 49.1 Å². The molecule has 3 rings (SSSR count). The van der Waals surface area contributed by atoms with Gasteiger partial charge in [0.1, 0.15) is 11.5 Å². The first-order valence-corrected chi connectivity index (χ1v) is 9.02. The number of rotatable bonds is 4. The van der Waals surface area contributed by atoms with Gasteiger partial charge < -0.3 is 10.2 Å². The van der Waals surface area contributed by atoms with Gasteiger partial charge in [-0.25, -0.2) is 4.39 Å². The molecule has 0 bridgehead atoms. The predicted molar refractivity (Wildman–Crippen MR) is 103 cm³/mol. The van der Waals surface area contributed by atoms with E-state index < -0.39 is 16.6 Å². The third-order valence-corrected chi connectivity index (χ3v) is 5.05. The van der Waals surface area contributed by atoms with Crippen molar-refractivity contribution < 1.29 is 14.1 Å². The molecule has 0 aromatic heterocycles. The molecule has 8 heteroatoms. The van der Waals surface area contributed by atoms with Gasteiger partial charge >= 0.3 is 0 Å². The Labute approximate surface area is 161 Å². The van der Waals surface area contributed by atoms with E-state index in [1.54, 1.807) is 0 Å². The lowest BCUT2D eigenvalue weighted by molar-refractivity contribution is -0.384. The summed E-state index contributed by atoms with van der Waals surface area (Å²) in [6.07, 6.45) is 1.88. The van der Waals surface area contributed by atoms with Crippen LogP contribution in [0.1, 0.15) is 30.1 Å². The molecule has 2 aromatic carbocycles. The summed E-state index contributed by atoms with van der Waals surface area (Å²) in [5, 5.41) is 14.2. The van der Waals surface area contributed by atoms with Gasteiger partial charge in [0.2, 0.25) is 0 Å². The van der Waals surface area contributed by atoms with E-state index in [0.717, 1.165) is 12.8 Å². The van der Waals surface area contributed by atoms with E-state index in [9.17, 15) is 19.3 Å². The zero-order valence-electron chi connectivity index (χ0n) is 14.7. The fourth-order valence-electron chi connectivity index (χ4n) is 3.09. The van der Waals surface area contributed by atoms with Crippen LogP contribution >= 0.6 is 11.6 Å². The van der Waals surface area contributed by atoms with Crippen molar-refractivity contribution in [2.75, 3.05) is 23.3 Å². The average Bonchev–Trinajstić information content (AvgIpc) is 2.64. The van der Waals surface area contributed by atoms with Crippen LogP contribution in [0.3, 0.4) is 0 Å². The van der Waals surface area contributed by atoms with Crippen molar-refractivity contribution in [3.8, 4) is 0 Å². The number of nitro groups is 1. The van der Waals surface area contributed by atoms with Crippen molar-refractivity contribution in [3.63, 3.8) is 0 Å². The fourth-order valence-corrected chi connectivity index (χ4v) is 3.30. The van der Waals surface area contributed by atoms with Crippen LogP contribution in [0.4, 0.5) is 21.5 Å². The minimum atomic E-state index is -0.469. The maximum absolute atomic E-state index is 13.0. The molecule has 0 saturated carbocycles. The second-order valence-corrected chi connectivity index (χ2v) is 7.12. The maximum atomic E-state index is 13.0. The van der Waals surface area contributed by atoms with Gasteiger partial charge in [-0.1, -0.05) is 18.5 Å². The molecule has 0 radical (unpaired) electrons. The van der Waals surface area contributed by atoms with Crippen LogP contribution in [-0.4, -0.2) is 23.9 Å². The zero-order chi connectivity index (χ0) is 19.6. The van der Waals surface area contributed by atoms with Crippen LogP contribution in [0, 0.1) is 21.8 Å². The number of piperidine rings is 1. The molecule has 0 unspecified atom stereocenters. The number of amides is 1. The lowest BCUT2D eigenvalue weighted by Gasteiger charge is -2.32. The average molecular weight is 392 g/mol. The van der Waals surface area contributed by atoms with E-state index in [2.05, 4.69) is 12.2 Å². The lowest BCUT2D eigenvalue weighted by Crippen LogP contribution is -2.33. The lowest BCUT2D eigenvalue weighted by atomic mass is 9.98. The Morgan fingerprint density at radius 2 is 1.89 bits per heavy atom. The Bertz CT molecular complexity index is 865. The summed E-state index contributed by atoms with van der Waals surface area (Å²) in [5.74, 6) is -0.337. The summed E-state index contributed by atoms with van der Waals surface area (Å²) in [6.45, 7) is 3.56. The summed E-state index contributed by atoms with van der Waals surface area (Å²) in [6, 6.07) is 7.89. The van der Waals surface area contributed by atoms with Gasteiger partial charge in [0.25, 0.3) is 11.6 Å². The van der Waals surface area contributed by atoms with E-state index >= 15 is 0 Å². The number of benzene rings is 2. The summed E-state index contributed by atoms with van der Waals surface area (Å²) in [4.78, 5) is 25.3. The molecule has 1 aliphatic rings. The monoisotopic (exact) mass is 391 g/mol. The Morgan fingerprint density at radius 1 is 1.26 bits per heavy atom. The number of anilines is 2. The molecule has 1 fully saturated rings.